The molecule has 2 unspecified atom stereocenters. The average Bonchev–Trinajstić information content (AvgIpc) is 2.96. The molecule has 1 heterocycles. The van der Waals surface area contributed by atoms with Crippen LogP contribution in [0.5, 0.6) is 0 Å². The van der Waals surface area contributed by atoms with Crippen LogP contribution < -0.4 is 5.73 Å². The summed E-state index contributed by atoms with van der Waals surface area (Å²) in [6.45, 7) is 3.98. The number of thioether (sulfide) groups is 1. The predicted molar refractivity (Wildman–Crippen MR) is 69.9 cm³/mol. The van der Waals surface area contributed by atoms with Crippen LogP contribution in [-0.2, 0) is 5.75 Å². The van der Waals surface area contributed by atoms with Gasteiger partial charge >= 0.3 is 0 Å². The van der Waals surface area contributed by atoms with Crippen molar-refractivity contribution in [3.8, 4) is 0 Å². The molecule has 1 aliphatic rings. The third-order valence-electron chi connectivity index (χ3n) is 3.41. The molecule has 1 aromatic rings. The number of rotatable bonds is 5. The van der Waals surface area contributed by atoms with Gasteiger partial charge in [0.05, 0.1) is 11.7 Å². The van der Waals surface area contributed by atoms with Gasteiger partial charge < -0.3 is 10.3 Å². The standard InChI is InChI=1S/C12H21N3OS/c1-8(9(2)13)12-14-11(15-16-12)7-17-10-5-3-4-6-10/h8-10H,3-7,13H2,1-2H3. The number of nitrogens with zero attached hydrogens (tertiary/aromatic N) is 2. The summed E-state index contributed by atoms with van der Waals surface area (Å²) in [7, 11) is 0. The molecule has 0 bridgehead atoms. The molecule has 4 nitrogen and oxygen atoms in total. The zero-order valence-corrected chi connectivity index (χ0v) is 11.4. The Kier molecular flexibility index (Phi) is 4.45. The van der Waals surface area contributed by atoms with Crippen LogP contribution >= 0.6 is 11.8 Å². The van der Waals surface area contributed by atoms with Crippen LogP contribution in [-0.4, -0.2) is 21.4 Å². The number of aromatic nitrogens is 2. The average molecular weight is 255 g/mol. The lowest BCUT2D eigenvalue weighted by Crippen LogP contribution is -2.22. The minimum atomic E-state index is 0.0470. The summed E-state index contributed by atoms with van der Waals surface area (Å²) in [5.74, 6) is 2.47. The van der Waals surface area contributed by atoms with E-state index in [2.05, 4.69) is 10.1 Å². The van der Waals surface area contributed by atoms with E-state index in [1.165, 1.54) is 25.7 Å². The third-order valence-corrected chi connectivity index (χ3v) is 4.78. The fourth-order valence-corrected chi connectivity index (χ4v) is 3.15. The zero-order valence-electron chi connectivity index (χ0n) is 10.6. The lowest BCUT2D eigenvalue weighted by molar-refractivity contribution is 0.344. The highest BCUT2D eigenvalue weighted by Gasteiger charge is 2.19. The second kappa shape index (κ2) is 5.87. The van der Waals surface area contributed by atoms with E-state index < -0.39 is 0 Å². The summed E-state index contributed by atoms with van der Waals surface area (Å²) < 4.78 is 5.25. The van der Waals surface area contributed by atoms with E-state index in [1.807, 2.05) is 25.6 Å². The van der Waals surface area contributed by atoms with Crippen molar-refractivity contribution >= 4 is 11.8 Å². The van der Waals surface area contributed by atoms with Gasteiger partial charge in [0.2, 0.25) is 5.89 Å². The number of hydrogen-bond donors (Lipinski definition) is 1. The van der Waals surface area contributed by atoms with Gasteiger partial charge in [-0.15, -0.1) is 0 Å². The van der Waals surface area contributed by atoms with Crippen molar-refractivity contribution in [3.05, 3.63) is 11.7 Å². The fourth-order valence-electron chi connectivity index (χ4n) is 1.98. The molecule has 2 N–H and O–H groups in total. The van der Waals surface area contributed by atoms with Crippen molar-refractivity contribution in [1.29, 1.82) is 0 Å². The fraction of sp³-hybridized carbons (Fsp3) is 0.833. The molecule has 0 aromatic carbocycles. The SMILES string of the molecule is CC(N)C(C)c1nc(CSC2CCCC2)no1. The normalized spacial score (nSPS) is 20.6. The van der Waals surface area contributed by atoms with E-state index >= 15 is 0 Å². The highest BCUT2D eigenvalue weighted by molar-refractivity contribution is 7.99. The zero-order chi connectivity index (χ0) is 12.3. The van der Waals surface area contributed by atoms with Crippen LogP contribution in [0, 0.1) is 0 Å². The molecule has 0 aliphatic heterocycles. The van der Waals surface area contributed by atoms with Crippen LogP contribution in [0.4, 0.5) is 0 Å². The molecule has 1 saturated carbocycles. The first-order valence-corrected chi connectivity index (χ1v) is 7.41. The summed E-state index contributed by atoms with van der Waals surface area (Å²) in [4.78, 5) is 4.41. The van der Waals surface area contributed by atoms with Gasteiger partial charge in [-0.1, -0.05) is 24.9 Å². The maximum absolute atomic E-state index is 5.82. The van der Waals surface area contributed by atoms with E-state index in [4.69, 9.17) is 10.3 Å². The summed E-state index contributed by atoms with van der Waals surface area (Å²) in [5.41, 5.74) is 5.82. The second-order valence-corrected chi connectivity index (χ2v) is 6.20. The summed E-state index contributed by atoms with van der Waals surface area (Å²) >= 11 is 1.95. The van der Waals surface area contributed by atoms with Gasteiger partial charge in [-0.2, -0.15) is 16.7 Å². The topological polar surface area (TPSA) is 64.9 Å². The molecule has 5 heteroatoms. The van der Waals surface area contributed by atoms with Crippen molar-refractivity contribution in [2.24, 2.45) is 5.73 Å². The van der Waals surface area contributed by atoms with E-state index in [0.29, 0.717) is 5.89 Å². The van der Waals surface area contributed by atoms with E-state index in [0.717, 1.165) is 16.8 Å². The minimum Gasteiger partial charge on any atom is -0.339 e. The minimum absolute atomic E-state index is 0.0470. The molecular formula is C12H21N3OS. The first-order valence-electron chi connectivity index (χ1n) is 6.36. The van der Waals surface area contributed by atoms with Crippen LogP contribution in [0.25, 0.3) is 0 Å². The molecule has 96 valence electrons. The quantitative estimate of drug-likeness (QED) is 0.876. The molecule has 17 heavy (non-hydrogen) atoms. The highest BCUT2D eigenvalue weighted by atomic mass is 32.2. The van der Waals surface area contributed by atoms with Gasteiger partial charge in [0.15, 0.2) is 5.82 Å². The molecule has 0 radical (unpaired) electrons. The summed E-state index contributed by atoms with van der Waals surface area (Å²) in [6.07, 6.45) is 5.42. The summed E-state index contributed by atoms with van der Waals surface area (Å²) in [5, 5.41) is 4.81. The van der Waals surface area contributed by atoms with Gasteiger partial charge in [0.25, 0.3) is 0 Å². The Morgan fingerprint density at radius 2 is 2.12 bits per heavy atom. The van der Waals surface area contributed by atoms with Crippen molar-refractivity contribution in [2.75, 3.05) is 0 Å². The molecule has 0 saturated heterocycles. The molecule has 1 aromatic heterocycles. The molecule has 2 atom stereocenters. The Labute approximate surface area is 107 Å². The maximum atomic E-state index is 5.82. The monoisotopic (exact) mass is 255 g/mol. The Balaban J connectivity index is 1.85. The predicted octanol–water partition coefficient (Wildman–Crippen LogP) is 2.70. The van der Waals surface area contributed by atoms with Crippen LogP contribution in [0.2, 0.25) is 0 Å². The summed E-state index contributed by atoms with van der Waals surface area (Å²) in [6, 6.07) is 0.0470. The lowest BCUT2D eigenvalue weighted by Gasteiger charge is -2.09. The first-order chi connectivity index (χ1) is 8.16. The van der Waals surface area contributed by atoms with Crippen LogP contribution in [0.1, 0.15) is 57.2 Å². The Morgan fingerprint density at radius 1 is 1.41 bits per heavy atom. The van der Waals surface area contributed by atoms with E-state index in [1.54, 1.807) is 0 Å². The molecule has 2 rings (SSSR count). The molecular weight excluding hydrogens is 234 g/mol. The molecule has 0 spiro atoms. The Hall–Kier alpha value is -0.550. The largest absolute Gasteiger partial charge is 0.339 e. The Bertz CT molecular complexity index is 347. The molecule has 1 aliphatic carbocycles. The van der Waals surface area contributed by atoms with E-state index in [9.17, 15) is 0 Å². The molecule has 1 fully saturated rings. The van der Waals surface area contributed by atoms with Crippen molar-refractivity contribution in [2.45, 2.75) is 62.5 Å². The van der Waals surface area contributed by atoms with Crippen LogP contribution in [0.15, 0.2) is 4.52 Å². The van der Waals surface area contributed by atoms with Gasteiger partial charge in [-0.25, -0.2) is 0 Å². The number of nitrogens with two attached hydrogens (primary N) is 1. The second-order valence-electron chi connectivity index (χ2n) is 4.91. The first kappa shape index (κ1) is 12.9. The van der Waals surface area contributed by atoms with E-state index in [-0.39, 0.29) is 12.0 Å². The van der Waals surface area contributed by atoms with Gasteiger partial charge in [-0.3, -0.25) is 0 Å². The highest BCUT2D eigenvalue weighted by Crippen LogP contribution is 2.31. The van der Waals surface area contributed by atoms with Crippen molar-refractivity contribution < 1.29 is 4.52 Å². The third kappa shape index (κ3) is 3.45. The van der Waals surface area contributed by atoms with Crippen molar-refractivity contribution in [1.82, 2.24) is 10.1 Å². The van der Waals surface area contributed by atoms with Gasteiger partial charge in [-0.05, 0) is 19.8 Å². The maximum Gasteiger partial charge on any atom is 0.231 e. The van der Waals surface area contributed by atoms with Crippen molar-refractivity contribution in [3.63, 3.8) is 0 Å². The van der Waals surface area contributed by atoms with Gasteiger partial charge in [0, 0.05) is 11.3 Å². The number of hydrogen-bond acceptors (Lipinski definition) is 5. The molecule has 0 amide bonds. The van der Waals surface area contributed by atoms with Gasteiger partial charge in [0.1, 0.15) is 0 Å². The lowest BCUT2D eigenvalue weighted by atomic mass is 10.1. The smallest absolute Gasteiger partial charge is 0.231 e. The van der Waals surface area contributed by atoms with Crippen LogP contribution in [0.3, 0.4) is 0 Å². The Morgan fingerprint density at radius 3 is 2.76 bits per heavy atom.